The third kappa shape index (κ3) is 4.12. The molecule has 1 aromatic heterocycles. The zero-order valence-electron chi connectivity index (χ0n) is 16.8. The van der Waals surface area contributed by atoms with Crippen LogP contribution in [-0.4, -0.2) is 56.8 Å². The quantitative estimate of drug-likeness (QED) is 0.603. The van der Waals surface area contributed by atoms with Gasteiger partial charge in [0.05, 0.1) is 12.4 Å². The molecule has 2 aromatic carbocycles. The molecule has 0 N–H and O–H groups in total. The standard InChI is InChI=1S/C22H24N2O5S/c1-28-15-19-18-9-5-6-10-20(18)29-21(19)22(25)23-11-13-24(14-12-23)30(26,27)16-17-7-3-2-4-8-17/h2-10H,11-16H2,1H3. The number of rotatable bonds is 6. The molecule has 1 saturated heterocycles. The van der Waals surface area contributed by atoms with Crippen LogP contribution in [0.15, 0.2) is 59.0 Å². The molecule has 1 aliphatic heterocycles. The first-order valence-corrected chi connectivity index (χ1v) is 11.4. The van der Waals surface area contributed by atoms with E-state index < -0.39 is 10.0 Å². The van der Waals surface area contributed by atoms with Crippen molar-refractivity contribution >= 4 is 26.9 Å². The number of piperazine rings is 1. The summed E-state index contributed by atoms with van der Waals surface area (Å²) in [5, 5.41) is 0.853. The summed E-state index contributed by atoms with van der Waals surface area (Å²) in [6.07, 6.45) is 0. The SMILES string of the molecule is COCc1c(C(=O)N2CCN(S(=O)(=O)Cc3ccccc3)CC2)oc2ccccc12. The van der Waals surface area contributed by atoms with Gasteiger partial charge in [0.25, 0.3) is 5.91 Å². The van der Waals surface area contributed by atoms with E-state index in [0.717, 1.165) is 16.5 Å². The molecule has 7 nitrogen and oxygen atoms in total. The summed E-state index contributed by atoms with van der Waals surface area (Å²) in [5.74, 6) is -0.0133. The van der Waals surface area contributed by atoms with Crippen LogP contribution in [0, 0.1) is 0 Å². The summed E-state index contributed by atoms with van der Waals surface area (Å²) in [6, 6.07) is 16.6. The molecule has 1 aliphatic rings. The molecule has 30 heavy (non-hydrogen) atoms. The van der Waals surface area contributed by atoms with E-state index in [-0.39, 0.29) is 37.1 Å². The molecule has 2 heterocycles. The molecule has 0 saturated carbocycles. The lowest BCUT2D eigenvalue weighted by Crippen LogP contribution is -2.50. The summed E-state index contributed by atoms with van der Waals surface area (Å²) < 4.78 is 38.1. The Morgan fingerprint density at radius 2 is 1.67 bits per heavy atom. The second-order valence-corrected chi connectivity index (χ2v) is 9.24. The summed E-state index contributed by atoms with van der Waals surface area (Å²) >= 11 is 0. The zero-order valence-corrected chi connectivity index (χ0v) is 17.6. The normalized spacial score (nSPS) is 15.6. The number of methoxy groups -OCH3 is 1. The Balaban J connectivity index is 1.47. The van der Waals surface area contributed by atoms with Crippen LogP contribution < -0.4 is 0 Å². The molecule has 1 fully saturated rings. The van der Waals surface area contributed by atoms with Gasteiger partial charge in [-0.2, -0.15) is 4.31 Å². The number of carbonyl (C=O) groups is 1. The number of hydrogen-bond donors (Lipinski definition) is 0. The predicted octanol–water partition coefficient (Wildman–Crippen LogP) is 2.87. The molecule has 0 radical (unpaired) electrons. The van der Waals surface area contributed by atoms with E-state index in [0.29, 0.717) is 18.7 Å². The lowest BCUT2D eigenvalue weighted by Gasteiger charge is -2.33. The van der Waals surface area contributed by atoms with E-state index >= 15 is 0 Å². The van der Waals surface area contributed by atoms with Crippen LogP contribution in [0.4, 0.5) is 0 Å². The van der Waals surface area contributed by atoms with Crippen molar-refractivity contribution in [3.63, 3.8) is 0 Å². The lowest BCUT2D eigenvalue weighted by molar-refractivity contribution is 0.0662. The van der Waals surface area contributed by atoms with Crippen molar-refractivity contribution in [2.24, 2.45) is 0 Å². The molecule has 158 valence electrons. The molecule has 0 spiro atoms. The van der Waals surface area contributed by atoms with Crippen molar-refractivity contribution in [1.82, 2.24) is 9.21 Å². The molecule has 0 unspecified atom stereocenters. The topological polar surface area (TPSA) is 80.1 Å². The average Bonchev–Trinajstić information content (AvgIpc) is 3.13. The fourth-order valence-electron chi connectivity index (χ4n) is 3.75. The number of ether oxygens (including phenoxy) is 1. The van der Waals surface area contributed by atoms with Crippen LogP contribution >= 0.6 is 0 Å². The van der Waals surface area contributed by atoms with Gasteiger partial charge in [0.2, 0.25) is 10.0 Å². The van der Waals surface area contributed by atoms with Crippen molar-refractivity contribution in [2.45, 2.75) is 12.4 Å². The van der Waals surface area contributed by atoms with E-state index in [1.807, 2.05) is 42.5 Å². The third-order valence-corrected chi connectivity index (χ3v) is 7.14. The highest BCUT2D eigenvalue weighted by atomic mass is 32.2. The van der Waals surface area contributed by atoms with Gasteiger partial charge in [0.1, 0.15) is 5.58 Å². The van der Waals surface area contributed by atoms with E-state index in [1.54, 1.807) is 24.1 Å². The van der Waals surface area contributed by atoms with Gasteiger partial charge in [0, 0.05) is 44.2 Å². The fourth-order valence-corrected chi connectivity index (χ4v) is 5.26. The summed E-state index contributed by atoms with van der Waals surface area (Å²) in [4.78, 5) is 14.8. The molecular weight excluding hydrogens is 404 g/mol. The Morgan fingerprint density at radius 3 is 2.37 bits per heavy atom. The monoisotopic (exact) mass is 428 g/mol. The lowest BCUT2D eigenvalue weighted by atomic mass is 10.1. The van der Waals surface area contributed by atoms with E-state index in [9.17, 15) is 13.2 Å². The number of hydrogen-bond acceptors (Lipinski definition) is 5. The maximum absolute atomic E-state index is 13.1. The number of carbonyl (C=O) groups excluding carboxylic acids is 1. The van der Waals surface area contributed by atoms with Gasteiger partial charge in [0.15, 0.2) is 5.76 Å². The van der Waals surface area contributed by atoms with Crippen LogP contribution in [-0.2, 0) is 27.1 Å². The first-order chi connectivity index (χ1) is 14.5. The van der Waals surface area contributed by atoms with Crippen molar-refractivity contribution < 1.29 is 22.4 Å². The number of para-hydroxylation sites is 1. The Labute approximate surface area is 175 Å². The summed E-state index contributed by atoms with van der Waals surface area (Å²) in [5.41, 5.74) is 2.11. The number of amides is 1. The molecular formula is C22H24N2O5S. The minimum atomic E-state index is -3.44. The van der Waals surface area contributed by atoms with Crippen LogP contribution in [0.1, 0.15) is 21.7 Å². The minimum Gasteiger partial charge on any atom is -0.451 e. The number of fused-ring (bicyclic) bond motifs is 1. The maximum Gasteiger partial charge on any atom is 0.290 e. The van der Waals surface area contributed by atoms with Gasteiger partial charge in [-0.05, 0) is 11.6 Å². The van der Waals surface area contributed by atoms with Gasteiger partial charge < -0.3 is 14.1 Å². The van der Waals surface area contributed by atoms with Gasteiger partial charge >= 0.3 is 0 Å². The average molecular weight is 429 g/mol. The molecule has 0 bridgehead atoms. The highest BCUT2D eigenvalue weighted by Crippen LogP contribution is 2.28. The largest absolute Gasteiger partial charge is 0.451 e. The molecule has 0 aliphatic carbocycles. The smallest absolute Gasteiger partial charge is 0.290 e. The van der Waals surface area contributed by atoms with Gasteiger partial charge in [-0.25, -0.2) is 8.42 Å². The second kappa shape index (κ2) is 8.59. The summed E-state index contributed by atoms with van der Waals surface area (Å²) in [6.45, 7) is 1.43. The highest BCUT2D eigenvalue weighted by Gasteiger charge is 2.32. The molecule has 4 rings (SSSR count). The first-order valence-electron chi connectivity index (χ1n) is 9.80. The van der Waals surface area contributed by atoms with Crippen molar-refractivity contribution in [2.75, 3.05) is 33.3 Å². The van der Waals surface area contributed by atoms with Crippen LogP contribution in [0.25, 0.3) is 11.0 Å². The Kier molecular flexibility index (Phi) is 5.90. The molecule has 0 atom stereocenters. The number of sulfonamides is 1. The van der Waals surface area contributed by atoms with Gasteiger partial charge in [-0.1, -0.05) is 48.5 Å². The third-order valence-electron chi connectivity index (χ3n) is 5.29. The highest BCUT2D eigenvalue weighted by molar-refractivity contribution is 7.88. The van der Waals surface area contributed by atoms with Gasteiger partial charge in [-0.15, -0.1) is 0 Å². The van der Waals surface area contributed by atoms with Crippen LogP contribution in [0.2, 0.25) is 0 Å². The van der Waals surface area contributed by atoms with Crippen LogP contribution in [0.5, 0.6) is 0 Å². The van der Waals surface area contributed by atoms with E-state index in [1.165, 1.54) is 4.31 Å². The minimum absolute atomic E-state index is 0.0383. The van der Waals surface area contributed by atoms with E-state index in [2.05, 4.69) is 0 Å². The molecule has 8 heteroatoms. The number of nitrogens with zero attached hydrogens (tertiary/aromatic N) is 2. The van der Waals surface area contributed by atoms with Crippen molar-refractivity contribution in [3.05, 3.63) is 71.5 Å². The zero-order chi connectivity index (χ0) is 21.1. The van der Waals surface area contributed by atoms with Crippen molar-refractivity contribution in [3.8, 4) is 0 Å². The molecule has 1 amide bonds. The van der Waals surface area contributed by atoms with Gasteiger partial charge in [-0.3, -0.25) is 4.79 Å². The Bertz CT molecular complexity index is 1130. The first kappa shape index (κ1) is 20.6. The molecule has 3 aromatic rings. The number of benzene rings is 2. The Morgan fingerprint density at radius 1 is 1.00 bits per heavy atom. The van der Waals surface area contributed by atoms with Crippen molar-refractivity contribution in [1.29, 1.82) is 0 Å². The summed E-state index contributed by atoms with van der Waals surface area (Å²) in [7, 11) is -1.86. The Hall–Kier alpha value is -2.68. The maximum atomic E-state index is 13.1. The van der Waals surface area contributed by atoms with E-state index in [4.69, 9.17) is 9.15 Å². The second-order valence-electron chi connectivity index (χ2n) is 7.27. The van der Waals surface area contributed by atoms with Crippen LogP contribution in [0.3, 0.4) is 0 Å². The predicted molar refractivity (Wildman–Crippen MR) is 113 cm³/mol. The number of furan rings is 1. The fraction of sp³-hybridized carbons (Fsp3) is 0.318.